The number of aryl methyl sites for hydroxylation is 1. The molecule has 2 saturated heterocycles. The number of ether oxygens (including phenoxy) is 1. The van der Waals surface area contributed by atoms with Crippen LogP contribution >= 0.6 is 0 Å². The molecule has 0 amide bonds. The first-order valence-electron chi connectivity index (χ1n) is 8.41. The molecule has 2 atom stereocenters. The molecule has 0 radical (unpaired) electrons. The Morgan fingerprint density at radius 3 is 2.86 bits per heavy atom. The third-order valence-electron chi connectivity index (χ3n) is 5.39. The summed E-state index contributed by atoms with van der Waals surface area (Å²) in [6, 6.07) is 4.72. The molecule has 0 aromatic carbocycles. The van der Waals surface area contributed by atoms with Gasteiger partial charge in [-0.3, -0.25) is 9.80 Å². The van der Waals surface area contributed by atoms with E-state index in [0.717, 1.165) is 43.7 Å². The van der Waals surface area contributed by atoms with Crippen LogP contribution in [0.25, 0.3) is 0 Å². The van der Waals surface area contributed by atoms with Crippen LogP contribution in [0.15, 0.2) is 16.5 Å². The van der Waals surface area contributed by atoms with Crippen LogP contribution in [0, 0.1) is 12.8 Å². The SMILES string of the molecule is Cc1ccc(CN2CCO[C@H]3CN(CC4CCC4)C[C@H]32)o1. The van der Waals surface area contributed by atoms with Gasteiger partial charge in [-0.1, -0.05) is 6.42 Å². The molecule has 1 saturated carbocycles. The molecule has 4 nitrogen and oxygen atoms in total. The van der Waals surface area contributed by atoms with Crippen molar-refractivity contribution < 1.29 is 9.15 Å². The molecule has 0 spiro atoms. The lowest BCUT2D eigenvalue weighted by molar-refractivity contribution is -0.0524. The van der Waals surface area contributed by atoms with Crippen LogP contribution in [0.3, 0.4) is 0 Å². The van der Waals surface area contributed by atoms with E-state index in [4.69, 9.17) is 9.15 Å². The molecule has 0 unspecified atom stereocenters. The fraction of sp³-hybridized carbons (Fsp3) is 0.765. The Labute approximate surface area is 127 Å². The minimum Gasteiger partial charge on any atom is -0.465 e. The van der Waals surface area contributed by atoms with Crippen molar-refractivity contribution in [1.29, 1.82) is 0 Å². The Morgan fingerprint density at radius 2 is 2.14 bits per heavy atom. The maximum Gasteiger partial charge on any atom is 0.118 e. The van der Waals surface area contributed by atoms with Gasteiger partial charge in [0.15, 0.2) is 0 Å². The molecule has 3 heterocycles. The minimum absolute atomic E-state index is 0.398. The normalized spacial score (nSPS) is 31.3. The van der Waals surface area contributed by atoms with Gasteiger partial charge in [0, 0.05) is 26.2 Å². The highest BCUT2D eigenvalue weighted by Crippen LogP contribution is 2.30. The number of fused-ring (bicyclic) bond motifs is 1. The fourth-order valence-corrected chi connectivity index (χ4v) is 3.99. The van der Waals surface area contributed by atoms with E-state index in [1.54, 1.807) is 0 Å². The van der Waals surface area contributed by atoms with Crippen molar-refractivity contribution >= 4 is 0 Å². The molecular formula is C17H26N2O2. The van der Waals surface area contributed by atoms with Gasteiger partial charge in [0.2, 0.25) is 0 Å². The lowest BCUT2D eigenvalue weighted by Gasteiger charge is -2.36. The number of likely N-dealkylation sites (tertiary alicyclic amines) is 1. The number of hydrogen-bond donors (Lipinski definition) is 0. The summed E-state index contributed by atoms with van der Waals surface area (Å²) in [5.41, 5.74) is 0. The van der Waals surface area contributed by atoms with Gasteiger partial charge in [-0.2, -0.15) is 0 Å². The Morgan fingerprint density at radius 1 is 1.24 bits per heavy atom. The van der Waals surface area contributed by atoms with Crippen molar-refractivity contribution in [3.8, 4) is 0 Å². The summed E-state index contributed by atoms with van der Waals surface area (Å²) in [4.78, 5) is 5.19. The van der Waals surface area contributed by atoms with Gasteiger partial charge in [0.05, 0.1) is 25.3 Å². The number of morpholine rings is 1. The van der Waals surface area contributed by atoms with Crippen LogP contribution in [-0.2, 0) is 11.3 Å². The molecule has 3 fully saturated rings. The Kier molecular flexibility index (Phi) is 3.78. The van der Waals surface area contributed by atoms with Gasteiger partial charge in [0.1, 0.15) is 11.5 Å². The highest BCUT2D eigenvalue weighted by atomic mass is 16.5. The van der Waals surface area contributed by atoms with Crippen LogP contribution < -0.4 is 0 Å². The smallest absolute Gasteiger partial charge is 0.118 e. The maximum absolute atomic E-state index is 6.02. The van der Waals surface area contributed by atoms with E-state index in [9.17, 15) is 0 Å². The number of furan rings is 1. The predicted molar refractivity (Wildman–Crippen MR) is 81.2 cm³/mol. The zero-order valence-electron chi connectivity index (χ0n) is 13.0. The number of nitrogens with zero attached hydrogens (tertiary/aromatic N) is 2. The molecule has 4 rings (SSSR count). The van der Waals surface area contributed by atoms with E-state index < -0.39 is 0 Å². The van der Waals surface area contributed by atoms with Gasteiger partial charge >= 0.3 is 0 Å². The molecule has 0 bridgehead atoms. The average Bonchev–Trinajstić information content (AvgIpc) is 3.01. The molecule has 1 aromatic rings. The fourth-order valence-electron chi connectivity index (χ4n) is 3.99. The van der Waals surface area contributed by atoms with Crippen LogP contribution in [0.5, 0.6) is 0 Å². The van der Waals surface area contributed by atoms with E-state index in [2.05, 4.69) is 21.9 Å². The minimum atomic E-state index is 0.398. The molecule has 0 N–H and O–H groups in total. The van der Waals surface area contributed by atoms with Gasteiger partial charge in [-0.05, 0) is 37.8 Å². The second-order valence-electron chi connectivity index (χ2n) is 6.97. The summed E-state index contributed by atoms with van der Waals surface area (Å²) in [6.07, 6.45) is 4.70. The highest BCUT2D eigenvalue weighted by Gasteiger charge is 2.41. The first kappa shape index (κ1) is 13.8. The summed E-state index contributed by atoms with van der Waals surface area (Å²) in [7, 11) is 0. The maximum atomic E-state index is 6.02. The van der Waals surface area contributed by atoms with Crippen molar-refractivity contribution in [2.24, 2.45) is 5.92 Å². The van der Waals surface area contributed by atoms with Crippen LogP contribution in [0.1, 0.15) is 30.8 Å². The van der Waals surface area contributed by atoms with E-state index in [1.165, 1.54) is 32.4 Å². The molecule has 1 aromatic heterocycles. The van der Waals surface area contributed by atoms with E-state index in [-0.39, 0.29) is 0 Å². The van der Waals surface area contributed by atoms with Gasteiger partial charge in [-0.25, -0.2) is 0 Å². The topological polar surface area (TPSA) is 28.9 Å². The average molecular weight is 290 g/mol. The first-order chi connectivity index (χ1) is 10.3. The molecule has 1 aliphatic carbocycles. The lowest BCUT2D eigenvalue weighted by atomic mass is 9.85. The molecule has 2 aliphatic heterocycles. The highest BCUT2D eigenvalue weighted by molar-refractivity contribution is 5.06. The van der Waals surface area contributed by atoms with Crippen molar-refractivity contribution in [1.82, 2.24) is 9.80 Å². The zero-order valence-corrected chi connectivity index (χ0v) is 13.0. The standard InChI is InChI=1S/C17H26N2O2/c1-13-5-6-15(21-13)10-19-7-8-20-17-12-18(11-16(17)19)9-14-3-2-4-14/h5-6,14,16-17H,2-4,7-12H2,1H3/t16-,17+/m1/s1. The predicted octanol–water partition coefficient (Wildman–Crippen LogP) is 2.27. The van der Waals surface area contributed by atoms with Gasteiger partial charge in [0.25, 0.3) is 0 Å². The molecule has 3 aliphatic rings. The summed E-state index contributed by atoms with van der Waals surface area (Å²) >= 11 is 0. The summed E-state index contributed by atoms with van der Waals surface area (Å²) < 4.78 is 11.8. The summed E-state index contributed by atoms with van der Waals surface area (Å²) in [5.74, 6) is 3.05. The van der Waals surface area contributed by atoms with E-state index >= 15 is 0 Å². The Bertz CT molecular complexity index is 483. The molecule has 116 valence electrons. The quantitative estimate of drug-likeness (QED) is 0.850. The van der Waals surface area contributed by atoms with Crippen molar-refractivity contribution in [3.05, 3.63) is 23.7 Å². The second kappa shape index (κ2) is 5.75. The van der Waals surface area contributed by atoms with E-state index in [1.807, 2.05) is 6.92 Å². The lowest BCUT2D eigenvalue weighted by Crippen LogP contribution is -2.50. The van der Waals surface area contributed by atoms with Crippen LogP contribution in [0.2, 0.25) is 0 Å². The molecular weight excluding hydrogens is 264 g/mol. The van der Waals surface area contributed by atoms with Crippen LogP contribution in [-0.4, -0.2) is 54.7 Å². The zero-order chi connectivity index (χ0) is 14.2. The monoisotopic (exact) mass is 290 g/mol. The molecule has 4 heteroatoms. The summed E-state index contributed by atoms with van der Waals surface area (Å²) in [6.45, 7) is 8.40. The second-order valence-corrected chi connectivity index (χ2v) is 6.97. The Balaban J connectivity index is 1.38. The third kappa shape index (κ3) is 2.89. The van der Waals surface area contributed by atoms with Gasteiger partial charge in [-0.15, -0.1) is 0 Å². The third-order valence-corrected chi connectivity index (χ3v) is 5.39. The molecule has 21 heavy (non-hydrogen) atoms. The van der Waals surface area contributed by atoms with Gasteiger partial charge < -0.3 is 9.15 Å². The van der Waals surface area contributed by atoms with Crippen molar-refractivity contribution in [2.75, 3.05) is 32.8 Å². The van der Waals surface area contributed by atoms with Crippen LogP contribution in [0.4, 0.5) is 0 Å². The number of rotatable bonds is 4. The first-order valence-corrected chi connectivity index (χ1v) is 8.41. The number of hydrogen-bond acceptors (Lipinski definition) is 4. The Hall–Kier alpha value is -0.840. The summed E-state index contributed by atoms with van der Waals surface area (Å²) in [5, 5.41) is 0. The van der Waals surface area contributed by atoms with Crippen molar-refractivity contribution in [3.63, 3.8) is 0 Å². The van der Waals surface area contributed by atoms with Crippen molar-refractivity contribution in [2.45, 2.75) is 44.9 Å². The largest absolute Gasteiger partial charge is 0.465 e. The van der Waals surface area contributed by atoms with E-state index in [0.29, 0.717) is 12.1 Å².